The van der Waals surface area contributed by atoms with Crippen molar-refractivity contribution in [3.63, 3.8) is 0 Å². The van der Waals surface area contributed by atoms with Crippen molar-refractivity contribution in [2.75, 3.05) is 5.75 Å². The fraction of sp³-hybridized carbons (Fsp3) is 0.500. The predicted molar refractivity (Wildman–Crippen MR) is 86.6 cm³/mol. The van der Waals surface area contributed by atoms with E-state index in [0.717, 1.165) is 5.56 Å². The number of thiol groups is 1. The Morgan fingerprint density at radius 2 is 1.76 bits per heavy atom. The Morgan fingerprint density at radius 1 is 1.19 bits per heavy atom. The van der Waals surface area contributed by atoms with Gasteiger partial charge in [0, 0.05) is 5.75 Å². The van der Waals surface area contributed by atoms with Gasteiger partial charge in [0.2, 0.25) is 5.91 Å². The SMILES string of the molecule is CC(C)[C@H](NC(=O)[C@H](CS)[C@H](C)c1ccccc1)C(=O)O. The lowest BCUT2D eigenvalue weighted by Gasteiger charge is -2.25. The van der Waals surface area contributed by atoms with Gasteiger partial charge in [0.15, 0.2) is 0 Å². The molecule has 0 aliphatic carbocycles. The van der Waals surface area contributed by atoms with Gasteiger partial charge in [-0.05, 0) is 17.4 Å². The van der Waals surface area contributed by atoms with Crippen LogP contribution in [-0.2, 0) is 9.59 Å². The molecular formula is C16H23NO3S. The summed E-state index contributed by atoms with van der Waals surface area (Å²) in [6.45, 7) is 5.51. The molecule has 0 aliphatic heterocycles. The maximum absolute atomic E-state index is 12.4. The van der Waals surface area contributed by atoms with E-state index in [1.807, 2.05) is 37.3 Å². The van der Waals surface area contributed by atoms with Gasteiger partial charge in [0.05, 0.1) is 5.92 Å². The number of carboxylic acids is 1. The molecule has 0 saturated carbocycles. The number of carboxylic acid groups (broad SMARTS) is 1. The maximum Gasteiger partial charge on any atom is 0.326 e. The minimum atomic E-state index is -1.01. The average Bonchev–Trinajstić information content (AvgIpc) is 2.45. The smallest absolute Gasteiger partial charge is 0.326 e. The molecule has 2 N–H and O–H groups in total. The van der Waals surface area contributed by atoms with Crippen LogP contribution in [0.5, 0.6) is 0 Å². The summed E-state index contributed by atoms with van der Waals surface area (Å²) in [5.41, 5.74) is 1.04. The van der Waals surface area contributed by atoms with E-state index in [2.05, 4.69) is 17.9 Å². The van der Waals surface area contributed by atoms with Crippen LogP contribution in [0.4, 0.5) is 0 Å². The highest BCUT2D eigenvalue weighted by molar-refractivity contribution is 7.80. The molecule has 1 aromatic carbocycles. The highest BCUT2D eigenvalue weighted by Gasteiger charge is 2.30. The van der Waals surface area contributed by atoms with E-state index in [-0.39, 0.29) is 23.7 Å². The van der Waals surface area contributed by atoms with E-state index in [4.69, 9.17) is 5.11 Å². The van der Waals surface area contributed by atoms with Crippen LogP contribution in [0.3, 0.4) is 0 Å². The average molecular weight is 309 g/mol. The van der Waals surface area contributed by atoms with Crippen LogP contribution in [0.25, 0.3) is 0 Å². The molecule has 5 heteroatoms. The minimum absolute atomic E-state index is 0.0229. The van der Waals surface area contributed by atoms with Crippen molar-refractivity contribution in [2.45, 2.75) is 32.7 Å². The Hall–Kier alpha value is -1.49. The zero-order valence-electron chi connectivity index (χ0n) is 12.6. The number of benzene rings is 1. The van der Waals surface area contributed by atoms with Gasteiger partial charge < -0.3 is 10.4 Å². The van der Waals surface area contributed by atoms with Crippen LogP contribution < -0.4 is 5.32 Å². The molecule has 116 valence electrons. The summed E-state index contributed by atoms with van der Waals surface area (Å²) in [4.78, 5) is 23.6. The second-order valence-electron chi connectivity index (χ2n) is 5.56. The van der Waals surface area contributed by atoms with Crippen molar-refractivity contribution in [2.24, 2.45) is 11.8 Å². The third-order valence-corrected chi connectivity index (χ3v) is 4.09. The van der Waals surface area contributed by atoms with E-state index >= 15 is 0 Å². The van der Waals surface area contributed by atoms with Crippen molar-refractivity contribution in [3.8, 4) is 0 Å². The highest BCUT2D eigenvalue weighted by Crippen LogP contribution is 2.25. The number of hydrogen-bond donors (Lipinski definition) is 3. The van der Waals surface area contributed by atoms with Gasteiger partial charge in [0.25, 0.3) is 0 Å². The monoisotopic (exact) mass is 309 g/mol. The quantitative estimate of drug-likeness (QED) is 0.678. The molecule has 1 amide bonds. The predicted octanol–water partition coefficient (Wildman–Crippen LogP) is 2.56. The molecule has 0 spiro atoms. The molecule has 0 saturated heterocycles. The lowest BCUT2D eigenvalue weighted by molar-refractivity contribution is -0.143. The summed E-state index contributed by atoms with van der Waals surface area (Å²) in [6.07, 6.45) is 0. The Kier molecular flexibility index (Phi) is 6.75. The molecule has 3 atom stereocenters. The van der Waals surface area contributed by atoms with Crippen LogP contribution in [0, 0.1) is 11.8 Å². The molecule has 4 nitrogen and oxygen atoms in total. The van der Waals surface area contributed by atoms with E-state index in [1.165, 1.54) is 0 Å². The molecule has 0 fully saturated rings. The largest absolute Gasteiger partial charge is 0.480 e. The fourth-order valence-corrected chi connectivity index (χ4v) is 2.71. The van der Waals surface area contributed by atoms with E-state index in [9.17, 15) is 9.59 Å². The molecule has 0 aromatic heterocycles. The van der Waals surface area contributed by atoms with Gasteiger partial charge in [0.1, 0.15) is 6.04 Å². The minimum Gasteiger partial charge on any atom is -0.480 e. The lowest BCUT2D eigenvalue weighted by atomic mass is 9.87. The second-order valence-corrected chi connectivity index (χ2v) is 5.92. The molecule has 0 unspecified atom stereocenters. The first-order valence-electron chi connectivity index (χ1n) is 7.07. The van der Waals surface area contributed by atoms with Crippen molar-refractivity contribution in [3.05, 3.63) is 35.9 Å². The first kappa shape index (κ1) is 17.6. The Labute approximate surface area is 131 Å². The number of aliphatic carboxylic acids is 1. The van der Waals surface area contributed by atoms with Crippen LogP contribution in [0.1, 0.15) is 32.3 Å². The van der Waals surface area contributed by atoms with Crippen LogP contribution in [0.15, 0.2) is 30.3 Å². The van der Waals surface area contributed by atoms with Crippen LogP contribution in [0.2, 0.25) is 0 Å². The summed E-state index contributed by atoms with van der Waals surface area (Å²) in [6, 6.07) is 8.83. The lowest BCUT2D eigenvalue weighted by Crippen LogP contribution is -2.47. The fourth-order valence-electron chi connectivity index (χ4n) is 2.23. The summed E-state index contributed by atoms with van der Waals surface area (Å²) in [5, 5.41) is 11.8. The van der Waals surface area contributed by atoms with Gasteiger partial charge in [-0.3, -0.25) is 4.79 Å². The third-order valence-electron chi connectivity index (χ3n) is 3.69. The van der Waals surface area contributed by atoms with Crippen molar-refractivity contribution in [1.82, 2.24) is 5.32 Å². The van der Waals surface area contributed by atoms with Crippen molar-refractivity contribution < 1.29 is 14.7 Å². The zero-order valence-corrected chi connectivity index (χ0v) is 13.5. The summed E-state index contributed by atoms with van der Waals surface area (Å²) >= 11 is 4.26. The van der Waals surface area contributed by atoms with Crippen molar-refractivity contribution in [1.29, 1.82) is 0 Å². The number of carbonyl (C=O) groups is 2. The summed E-state index contributed by atoms with van der Waals surface area (Å²) in [7, 11) is 0. The molecule has 0 bridgehead atoms. The van der Waals surface area contributed by atoms with E-state index < -0.39 is 12.0 Å². The second kappa shape index (κ2) is 8.08. The standard InChI is InChI=1S/C16H23NO3S/c1-10(2)14(16(19)20)17-15(18)13(9-21)11(3)12-7-5-4-6-8-12/h4-8,10-11,13-14,21H,9H2,1-3H3,(H,17,18)(H,19,20)/t11-,13-,14+/m1/s1. The molecule has 0 aliphatic rings. The Bertz CT molecular complexity index is 476. The number of carbonyl (C=O) groups excluding carboxylic acids is 1. The van der Waals surface area contributed by atoms with Gasteiger partial charge in [-0.25, -0.2) is 4.79 Å². The van der Waals surface area contributed by atoms with Crippen LogP contribution in [-0.4, -0.2) is 28.8 Å². The topological polar surface area (TPSA) is 66.4 Å². The maximum atomic E-state index is 12.4. The number of nitrogens with one attached hydrogen (secondary N) is 1. The molecule has 21 heavy (non-hydrogen) atoms. The number of hydrogen-bond acceptors (Lipinski definition) is 3. The molecule has 0 heterocycles. The number of rotatable bonds is 7. The summed E-state index contributed by atoms with van der Waals surface area (Å²) < 4.78 is 0. The summed E-state index contributed by atoms with van der Waals surface area (Å²) in [5.74, 6) is -1.46. The highest BCUT2D eigenvalue weighted by atomic mass is 32.1. The first-order chi connectivity index (χ1) is 9.88. The molecular weight excluding hydrogens is 286 g/mol. The zero-order chi connectivity index (χ0) is 16.0. The van der Waals surface area contributed by atoms with Gasteiger partial charge in [-0.1, -0.05) is 51.1 Å². The molecule has 1 rings (SSSR count). The van der Waals surface area contributed by atoms with Gasteiger partial charge in [-0.2, -0.15) is 12.6 Å². The van der Waals surface area contributed by atoms with E-state index in [1.54, 1.807) is 13.8 Å². The number of amides is 1. The van der Waals surface area contributed by atoms with Gasteiger partial charge >= 0.3 is 5.97 Å². The van der Waals surface area contributed by atoms with E-state index in [0.29, 0.717) is 5.75 Å². The normalized spacial score (nSPS) is 15.3. The third kappa shape index (κ3) is 4.77. The Morgan fingerprint density at radius 3 is 2.19 bits per heavy atom. The molecule has 1 aromatic rings. The van der Waals surface area contributed by atoms with Crippen molar-refractivity contribution >= 4 is 24.5 Å². The van der Waals surface area contributed by atoms with Crippen LogP contribution >= 0.6 is 12.6 Å². The van der Waals surface area contributed by atoms with Gasteiger partial charge in [-0.15, -0.1) is 0 Å². The Balaban J connectivity index is 2.84. The first-order valence-corrected chi connectivity index (χ1v) is 7.70. The molecule has 0 radical (unpaired) electrons.